The van der Waals surface area contributed by atoms with Crippen LogP contribution in [-0.4, -0.2) is 25.0 Å². The zero-order chi connectivity index (χ0) is 26.5. The third kappa shape index (κ3) is 4.06. The number of carbonyl (C=O) groups is 2. The van der Waals surface area contributed by atoms with Crippen LogP contribution in [0.5, 0.6) is 5.75 Å². The molecule has 38 heavy (non-hydrogen) atoms. The van der Waals surface area contributed by atoms with E-state index in [1.807, 2.05) is 30.3 Å². The normalized spacial score (nSPS) is 36.3. The van der Waals surface area contributed by atoms with Gasteiger partial charge in [-0.2, -0.15) is 0 Å². The van der Waals surface area contributed by atoms with Crippen molar-refractivity contribution in [2.24, 2.45) is 34.5 Å². The Balaban J connectivity index is 1.24. The molecular formula is C33H40N2O3. The molecule has 0 radical (unpaired) electrons. The molecule has 0 saturated heterocycles. The maximum Gasteiger partial charge on any atom is 0.243 e. The standard InChI is InChI=1S/C33H40N2O3/c1-32-19-17-26-24(13-16-28-33(26,2)20-18-29(36)34-28)25(32)14-15-27(32)31(37)35-30(21-7-5-4-6-8-21)22-9-11-23(38-3)12-10-22/h4-12,18,20,24-28,30H,13-17,19H2,1-3H3,(H,34,36)(H,35,37)/t24-,25-,26-,27+,28+,30?,32-,33+/m0/s1. The van der Waals surface area contributed by atoms with Crippen molar-refractivity contribution in [1.29, 1.82) is 0 Å². The second kappa shape index (κ2) is 9.59. The molecule has 3 saturated carbocycles. The van der Waals surface area contributed by atoms with Crippen molar-refractivity contribution in [3.63, 3.8) is 0 Å². The summed E-state index contributed by atoms with van der Waals surface area (Å²) in [5, 5.41) is 6.73. The van der Waals surface area contributed by atoms with E-state index in [-0.39, 0.29) is 40.6 Å². The topological polar surface area (TPSA) is 67.4 Å². The van der Waals surface area contributed by atoms with E-state index in [2.05, 4.69) is 54.8 Å². The minimum atomic E-state index is -0.195. The van der Waals surface area contributed by atoms with Crippen molar-refractivity contribution in [3.05, 3.63) is 77.9 Å². The summed E-state index contributed by atoms with van der Waals surface area (Å²) in [5.41, 5.74) is 2.18. The fourth-order valence-electron chi connectivity index (χ4n) is 8.81. The minimum absolute atomic E-state index is 0.0111. The van der Waals surface area contributed by atoms with E-state index in [1.165, 1.54) is 0 Å². The van der Waals surface area contributed by atoms with Gasteiger partial charge in [-0.25, -0.2) is 0 Å². The van der Waals surface area contributed by atoms with E-state index >= 15 is 0 Å². The number of fused-ring (bicyclic) bond motifs is 5. The first-order chi connectivity index (χ1) is 18.3. The lowest BCUT2D eigenvalue weighted by Gasteiger charge is -2.58. The second-order valence-electron chi connectivity index (χ2n) is 12.5. The van der Waals surface area contributed by atoms with E-state index in [0.29, 0.717) is 17.8 Å². The number of nitrogens with one attached hydrogen (secondary N) is 2. The van der Waals surface area contributed by atoms with Crippen LogP contribution < -0.4 is 15.4 Å². The average Bonchev–Trinajstić information content (AvgIpc) is 3.30. The Morgan fingerprint density at radius 1 is 0.947 bits per heavy atom. The summed E-state index contributed by atoms with van der Waals surface area (Å²) in [5.74, 6) is 2.79. The van der Waals surface area contributed by atoms with Crippen LogP contribution in [0.4, 0.5) is 0 Å². The van der Waals surface area contributed by atoms with Crippen LogP contribution in [0.3, 0.4) is 0 Å². The van der Waals surface area contributed by atoms with E-state index in [4.69, 9.17) is 4.74 Å². The summed E-state index contributed by atoms with van der Waals surface area (Å²) in [6, 6.07) is 18.3. The van der Waals surface area contributed by atoms with Crippen LogP contribution in [0.2, 0.25) is 0 Å². The Morgan fingerprint density at radius 2 is 1.68 bits per heavy atom. The Morgan fingerprint density at radius 3 is 2.42 bits per heavy atom. The Labute approximate surface area is 226 Å². The van der Waals surface area contributed by atoms with Gasteiger partial charge in [0.1, 0.15) is 5.75 Å². The maximum absolute atomic E-state index is 14.1. The van der Waals surface area contributed by atoms with Crippen LogP contribution >= 0.6 is 0 Å². The third-order valence-electron chi connectivity index (χ3n) is 10.9. The van der Waals surface area contributed by atoms with Gasteiger partial charge in [-0.1, -0.05) is 62.4 Å². The molecule has 2 aromatic carbocycles. The number of carbonyl (C=O) groups excluding carboxylic acids is 2. The van der Waals surface area contributed by atoms with Gasteiger partial charge in [0.05, 0.1) is 13.2 Å². The lowest BCUT2D eigenvalue weighted by molar-refractivity contribution is -0.134. The Hall–Kier alpha value is -3.08. The van der Waals surface area contributed by atoms with E-state index in [0.717, 1.165) is 55.4 Å². The summed E-state index contributed by atoms with van der Waals surface area (Å²) in [7, 11) is 1.67. The molecule has 1 unspecified atom stereocenters. The molecule has 4 aliphatic rings. The molecular weight excluding hydrogens is 472 g/mol. The van der Waals surface area contributed by atoms with E-state index < -0.39 is 0 Å². The van der Waals surface area contributed by atoms with Crippen LogP contribution in [0.15, 0.2) is 66.7 Å². The summed E-state index contributed by atoms with van der Waals surface area (Å²) in [6.45, 7) is 4.74. The zero-order valence-electron chi connectivity index (χ0n) is 22.8. The molecule has 2 aromatic rings. The van der Waals surface area contributed by atoms with Crippen LogP contribution in [0.25, 0.3) is 0 Å². The quantitative estimate of drug-likeness (QED) is 0.531. The van der Waals surface area contributed by atoms with Gasteiger partial charge in [0.2, 0.25) is 11.8 Å². The van der Waals surface area contributed by atoms with Crippen molar-refractivity contribution < 1.29 is 14.3 Å². The lowest BCUT2D eigenvalue weighted by Crippen LogP contribution is -2.59. The number of ether oxygens (including phenoxy) is 1. The summed E-state index contributed by atoms with van der Waals surface area (Å²) < 4.78 is 5.37. The van der Waals surface area contributed by atoms with Gasteiger partial charge in [0.15, 0.2) is 0 Å². The molecule has 5 nitrogen and oxygen atoms in total. The highest BCUT2D eigenvalue weighted by molar-refractivity contribution is 5.89. The van der Waals surface area contributed by atoms with Gasteiger partial charge in [0, 0.05) is 17.4 Å². The summed E-state index contributed by atoms with van der Waals surface area (Å²) in [4.78, 5) is 26.1. The SMILES string of the molecule is COc1ccc(C(NC(=O)[C@H]2CC[C@H]3[C@@H]4CC[C@H]5NC(=O)C=C[C@]5(C)[C@H]4CC[C@]23C)c2ccccc2)cc1. The highest BCUT2D eigenvalue weighted by atomic mass is 16.5. The molecule has 2 N–H and O–H groups in total. The van der Waals surface area contributed by atoms with E-state index in [9.17, 15) is 9.59 Å². The van der Waals surface area contributed by atoms with Crippen molar-refractivity contribution in [2.75, 3.05) is 7.11 Å². The monoisotopic (exact) mass is 512 g/mol. The van der Waals surface area contributed by atoms with Gasteiger partial charge in [-0.3, -0.25) is 9.59 Å². The molecule has 8 atom stereocenters. The van der Waals surface area contributed by atoms with Gasteiger partial charge in [-0.15, -0.1) is 0 Å². The first-order valence-electron chi connectivity index (χ1n) is 14.3. The summed E-state index contributed by atoms with van der Waals surface area (Å²) in [6.07, 6.45) is 10.4. The number of methoxy groups -OCH3 is 1. The lowest BCUT2D eigenvalue weighted by atomic mass is 9.48. The molecule has 5 heteroatoms. The zero-order valence-corrected chi connectivity index (χ0v) is 22.8. The Bertz CT molecular complexity index is 1220. The van der Waals surface area contributed by atoms with Crippen molar-refractivity contribution in [1.82, 2.24) is 10.6 Å². The van der Waals surface area contributed by atoms with Crippen molar-refractivity contribution >= 4 is 11.8 Å². The first-order valence-corrected chi connectivity index (χ1v) is 14.3. The van der Waals surface area contributed by atoms with Gasteiger partial charge >= 0.3 is 0 Å². The van der Waals surface area contributed by atoms with Gasteiger partial charge < -0.3 is 15.4 Å². The molecule has 1 aliphatic heterocycles. The molecule has 1 heterocycles. The van der Waals surface area contributed by atoms with Crippen molar-refractivity contribution in [3.8, 4) is 5.75 Å². The molecule has 3 aliphatic carbocycles. The maximum atomic E-state index is 14.1. The first kappa shape index (κ1) is 25.2. The van der Waals surface area contributed by atoms with Gasteiger partial charge in [-0.05, 0) is 91.0 Å². The fraction of sp³-hybridized carbons (Fsp3) is 0.515. The molecule has 200 valence electrons. The summed E-state index contributed by atoms with van der Waals surface area (Å²) >= 11 is 0. The molecule has 0 spiro atoms. The van der Waals surface area contributed by atoms with Crippen molar-refractivity contribution in [2.45, 2.75) is 64.5 Å². The van der Waals surface area contributed by atoms with Crippen LogP contribution in [0, 0.1) is 34.5 Å². The number of hydrogen-bond acceptors (Lipinski definition) is 3. The van der Waals surface area contributed by atoms with Crippen LogP contribution in [0.1, 0.15) is 69.5 Å². The Kier molecular flexibility index (Phi) is 6.36. The molecule has 0 aromatic heterocycles. The minimum Gasteiger partial charge on any atom is -0.497 e. The van der Waals surface area contributed by atoms with Gasteiger partial charge in [0.25, 0.3) is 0 Å². The molecule has 3 fully saturated rings. The largest absolute Gasteiger partial charge is 0.497 e. The molecule has 2 amide bonds. The predicted molar refractivity (Wildman–Crippen MR) is 148 cm³/mol. The predicted octanol–water partition coefficient (Wildman–Crippen LogP) is 5.81. The average molecular weight is 513 g/mol. The number of hydrogen-bond donors (Lipinski definition) is 2. The number of amides is 2. The highest BCUT2D eigenvalue weighted by Gasteiger charge is 2.61. The van der Waals surface area contributed by atoms with Crippen LogP contribution in [-0.2, 0) is 9.59 Å². The number of rotatable bonds is 5. The smallest absolute Gasteiger partial charge is 0.243 e. The third-order valence-corrected chi connectivity index (χ3v) is 10.9. The second-order valence-corrected chi connectivity index (χ2v) is 12.5. The molecule has 0 bridgehead atoms. The van der Waals surface area contributed by atoms with E-state index in [1.54, 1.807) is 13.2 Å². The highest BCUT2D eigenvalue weighted by Crippen LogP contribution is 2.65. The molecule has 6 rings (SSSR count). The fourth-order valence-corrected chi connectivity index (χ4v) is 8.81. The number of benzene rings is 2.